The molecule has 0 aromatic heterocycles. The highest BCUT2D eigenvalue weighted by molar-refractivity contribution is 14.1. The average molecular weight is 600 g/mol. The summed E-state index contributed by atoms with van der Waals surface area (Å²) >= 11 is 2.14. The van der Waals surface area contributed by atoms with Crippen molar-refractivity contribution in [2.45, 2.75) is 59.2 Å². The number of carbonyl (C=O) groups is 2. The van der Waals surface area contributed by atoms with Gasteiger partial charge in [-0.3, -0.25) is 13.9 Å². The van der Waals surface area contributed by atoms with Crippen LogP contribution in [0.5, 0.6) is 0 Å². The molecular weight excluding hydrogens is 565 g/mol. The highest BCUT2D eigenvalue weighted by Crippen LogP contribution is 2.21. The largest absolute Gasteiger partial charge is 0.352 e. The first-order valence-electron chi connectivity index (χ1n) is 11.3. The van der Waals surface area contributed by atoms with E-state index in [1.807, 2.05) is 52.0 Å². The summed E-state index contributed by atoms with van der Waals surface area (Å²) in [5.41, 5.74) is 2.32. The lowest BCUT2D eigenvalue weighted by Crippen LogP contribution is -2.53. The predicted molar refractivity (Wildman–Crippen MR) is 145 cm³/mol. The van der Waals surface area contributed by atoms with Gasteiger partial charge in [0.2, 0.25) is 21.8 Å². The standard InChI is InChI=1S/C25H34IN3O4S/c1-6-19(4)27-25(31)23(7-2)28(16-20-10-8-9-18(3)15-20)24(30)17-29(34(5,32)33)22-13-11-21(26)12-14-22/h8-15,19,23H,6-7,16-17H2,1-5H3,(H,27,31)/t19-,23-/m0/s1. The minimum Gasteiger partial charge on any atom is -0.352 e. The number of sulfonamides is 1. The molecule has 2 aromatic carbocycles. The minimum absolute atomic E-state index is 0.0308. The molecule has 0 bridgehead atoms. The number of hydrogen-bond donors (Lipinski definition) is 1. The molecule has 0 spiro atoms. The van der Waals surface area contributed by atoms with Crippen molar-refractivity contribution in [3.05, 3.63) is 63.2 Å². The van der Waals surface area contributed by atoms with Gasteiger partial charge in [-0.1, -0.05) is 43.7 Å². The summed E-state index contributed by atoms with van der Waals surface area (Å²) in [6, 6.07) is 13.9. The molecule has 0 heterocycles. The van der Waals surface area contributed by atoms with Gasteiger partial charge in [0.05, 0.1) is 11.9 Å². The van der Waals surface area contributed by atoms with Crippen LogP contribution in [-0.2, 0) is 26.2 Å². The summed E-state index contributed by atoms with van der Waals surface area (Å²) in [6.45, 7) is 7.53. The van der Waals surface area contributed by atoms with Crippen molar-refractivity contribution in [3.8, 4) is 0 Å². The van der Waals surface area contributed by atoms with E-state index >= 15 is 0 Å². The van der Waals surface area contributed by atoms with Crippen molar-refractivity contribution < 1.29 is 18.0 Å². The normalized spacial score (nSPS) is 13.1. The fourth-order valence-corrected chi connectivity index (χ4v) is 4.80. The Morgan fingerprint density at radius 3 is 2.24 bits per heavy atom. The summed E-state index contributed by atoms with van der Waals surface area (Å²) < 4.78 is 27.3. The van der Waals surface area contributed by atoms with Gasteiger partial charge in [0.25, 0.3) is 0 Å². The number of nitrogens with one attached hydrogen (secondary N) is 1. The number of anilines is 1. The maximum atomic E-state index is 13.6. The third-order valence-electron chi connectivity index (χ3n) is 5.62. The number of benzene rings is 2. The molecule has 0 radical (unpaired) electrons. The van der Waals surface area contributed by atoms with Crippen LogP contribution in [0, 0.1) is 10.5 Å². The smallest absolute Gasteiger partial charge is 0.244 e. The van der Waals surface area contributed by atoms with E-state index in [0.29, 0.717) is 12.1 Å². The van der Waals surface area contributed by atoms with Gasteiger partial charge in [0.1, 0.15) is 12.6 Å². The van der Waals surface area contributed by atoms with Crippen LogP contribution in [0.25, 0.3) is 0 Å². The molecule has 0 unspecified atom stereocenters. The molecule has 7 nitrogen and oxygen atoms in total. The lowest BCUT2D eigenvalue weighted by atomic mass is 10.1. The van der Waals surface area contributed by atoms with Crippen molar-refractivity contribution in [2.75, 3.05) is 17.1 Å². The van der Waals surface area contributed by atoms with Crippen molar-refractivity contribution >= 4 is 50.1 Å². The van der Waals surface area contributed by atoms with Crippen LogP contribution in [-0.4, -0.2) is 50.0 Å². The molecule has 0 fully saturated rings. The Morgan fingerprint density at radius 2 is 1.71 bits per heavy atom. The quantitative estimate of drug-likeness (QED) is 0.395. The molecule has 2 atom stereocenters. The molecule has 0 aliphatic rings. The second-order valence-electron chi connectivity index (χ2n) is 8.50. The van der Waals surface area contributed by atoms with Crippen LogP contribution >= 0.6 is 22.6 Å². The van der Waals surface area contributed by atoms with Gasteiger partial charge in [-0.2, -0.15) is 0 Å². The molecule has 2 aromatic rings. The van der Waals surface area contributed by atoms with E-state index in [4.69, 9.17) is 0 Å². The first-order chi connectivity index (χ1) is 16.0. The molecule has 0 aliphatic heterocycles. The SMILES string of the molecule is CC[C@H](C)NC(=O)[C@H](CC)N(Cc1cccc(C)c1)C(=O)CN(c1ccc(I)cc1)S(C)(=O)=O. The number of rotatable bonds is 11. The number of nitrogens with zero attached hydrogens (tertiary/aromatic N) is 2. The molecule has 0 saturated heterocycles. The number of amides is 2. The molecule has 1 N–H and O–H groups in total. The zero-order chi connectivity index (χ0) is 25.5. The maximum absolute atomic E-state index is 13.6. The molecular formula is C25H34IN3O4S. The van der Waals surface area contributed by atoms with Crippen LogP contribution in [0.3, 0.4) is 0 Å². The first-order valence-corrected chi connectivity index (χ1v) is 14.3. The van der Waals surface area contributed by atoms with Gasteiger partial charge in [-0.25, -0.2) is 8.42 Å². The monoisotopic (exact) mass is 599 g/mol. The molecule has 0 saturated carbocycles. The summed E-state index contributed by atoms with van der Waals surface area (Å²) in [5.74, 6) is -0.672. The fourth-order valence-electron chi connectivity index (χ4n) is 3.59. The first kappa shape index (κ1) is 28.1. The predicted octanol–water partition coefficient (Wildman–Crippen LogP) is 4.09. The van der Waals surface area contributed by atoms with E-state index in [1.165, 1.54) is 4.90 Å². The Labute approximate surface area is 217 Å². The molecule has 0 aliphatic carbocycles. The number of carbonyl (C=O) groups excluding carboxylic acids is 2. The second-order valence-corrected chi connectivity index (χ2v) is 11.7. The van der Waals surface area contributed by atoms with E-state index in [9.17, 15) is 18.0 Å². The molecule has 186 valence electrons. The third kappa shape index (κ3) is 7.97. The van der Waals surface area contributed by atoms with E-state index in [1.54, 1.807) is 24.3 Å². The van der Waals surface area contributed by atoms with Gasteiger partial charge >= 0.3 is 0 Å². The van der Waals surface area contributed by atoms with Crippen LogP contribution in [0.15, 0.2) is 48.5 Å². The molecule has 2 rings (SSSR count). The Hall–Kier alpha value is -2.14. The lowest BCUT2D eigenvalue weighted by Gasteiger charge is -2.33. The topological polar surface area (TPSA) is 86.8 Å². The minimum atomic E-state index is -3.73. The summed E-state index contributed by atoms with van der Waals surface area (Å²) in [7, 11) is -3.73. The third-order valence-corrected chi connectivity index (χ3v) is 7.48. The second kappa shape index (κ2) is 12.5. The maximum Gasteiger partial charge on any atom is 0.244 e. The highest BCUT2D eigenvalue weighted by atomic mass is 127. The zero-order valence-electron chi connectivity index (χ0n) is 20.4. The van der Waals surface area contributed by atoms with Crippen molar-refractivity contribution in [2.24, 2.45) is 0 Å². The number of hydrogen-bond acceptors (Lipinski definition) is 4. The lowest BCUT2D eigenvalue weighted by molar-refractivity contribution is -0.140. The van der Waals surface area contributed by atoms with Gasteiger partial charge in [-0.05, 0) is 79.1 Å². The van der Waals surface area contributed by atoms with Gasteiger partial charge in [0, 0.05) is 16.2 Å². The van der Waals surface area contributed by atoms with E-state index < -0.39 is 28.5 Å². The van der Waals surface area contributed by atoms with Crippen molar-refractivity contribution in [1.29, 1.82) is 0 Å². The van der Waals surface area contributed by atoms with E-state index in [-0.39, 0.29) is 18.5 Å². The Kier molecular flexibility index (Phi) is 10.4. The van der Waals surface area contributed by atoms with Crippen molar-refractivity contribution in [3.63, 3.8) is 0 Å². The molecule has 9 heteroatoms. The molecule has 2 amide bonds. The van der Waals surface area contributed by atoms with E-state index in [0.717, 1.165) is 31.7 Å². The van der Waals surface area contributed by atoms with Crippen LogP contribution < -0.4 is 9.62 Å². The average Bonchev–Trinajstić information content (AvgIpc) is 2.77. The summed E-state index contributed by atoms with van der Waals surface area (Å²) in [4.78, 5) is 28.2. The fraction of sp³-hybridized carbons (Fsp3) is 0.440. The van der Waals surface area contributed by atoms with Crippen LogP contribution in [0.1, 0.15) is 44.7 Å². The van der Waals surface area contributed by atoms with Crippen molar-refractivity contribution in [1.82, 2.24) is 10.2 Å². The summed E-state index contributed by atoms with van der Waals surface area (Å²) in [5, 5.41) is 2.97. The Balaban J connectivity index is 2.43. The number of aryl methyl sites for hydroxylation is 1. The Bertz CT molecular complexity index is 1090. The highest BCUT2D eigenvalue weighted by Gasteiger charge is 2.32. The van der Waals surface area contributed by atoms with Crippen LogP contribution in [0.2, 0.25) is 0 Å². The molecule has 34 heavy (non-hydrogen) atoms. The Morgan fingerprint density at radius 1 is 1.06 bits per heavy atom. The van der Waals surface area contributed by atoms with Crippen LogP contribution in [0.4, 0.5) is 5.69 Å². The summed E-state index contributed by atoms with van der Waals surface area (Å²) in [6.07, 6.45) is 2.25. The van der Waals surface area contributed by atoms with Gasteiger partial charge < -0.3 is 10.2 Å². The number of halogens is 1. The van der Waals surface area contributed by atoms with E-state index in [2.05, 4.69) is 27.9 Å². The van der Waals surface area contributed by atoms with Gasteiger partial charge in [0.15, 0.2) is 0 Å². The zero-order valence-corrected chi connectivity index (χ0v) is 23.4. The van der Waals surface area contributed by atoms with Gasteiger partial charge in [-0.15, -0.1) is 0 Å².